The molecule has 0 radical (unpaired) electrons. The number of benzene rings is 4. The third-order valence-electron chi connectivity index (χ3n) is 5.95. The first-order valence-corrected chi connectivity index (χ1v) is 17.0. The molecule has 234 valence electrons. The van der Waals surface area contributed by atoms with Gasteiger partial charge in [0, 0.05) is 31.6 Å². The summed E-state index contributed by atoms with van der Waals surface area (Å²) in [7, 11) is 4.40. The molecule has 0 N–H and O–H groups in total. The van der Waals surface area contributed by atoms with E-state index in [-0.39, 0.29) is 47.4 Å². The molecule has 0 heterocycles. The van der Waals surface area contributed by atoms with E-state index < -0.39 is 17.9 Å². The van der Waals surface area contributed by atoms with E-state index in [1.165, 1.54) is 39.5 Å². The molecule has 0 aliphatic carbocycles. The van der Waals surface area contributed by atoms with Crippen LogP contribution in [0.5, 0.6) is 34.5 Å². The molecule has 15 heteroatoms. The molecule has 0 amide bonds. The van der Waals surface area contributed by atoms with Crippen molar-refractivity contribution in [1.29, 1.82) is 0 Å². The van der Waals surface area contributed by atoms with E-state index in [2.05, 4.69) is 95.6 Å². The smallest absolute Gasteiger partial charge is 0.345 e. The van der Waals surface area contributed by atoms with Gasteiger partial charge in [0.2, 0.25) is 0 Å². The van der Waals surface area contributed by atoms with Crippen LogP contribution < -0.4 is 28.4 Å². The van der Waals surface area contributed by atoms with Crippen molar-refractivity contribution in [2.75, 3.05) is 21.3 Å². The molecular weight excluding hydrogens is 984 g/mol. The minimum Gasteiger partial charge on any atom is -0.497 e. The predicted octanol–water partition coefficient (Wildman–Crippen LogP) is 9.94. The van der Waals surface area contributed by atoms with Gasteiger partial charge in [-0.05, 0) is 132 Å². The first kappa shape index (κ1) is 35.4. The van der Waals surface area contributed by atoms with Gasteiger partial charge < -0.3 is 28.4 Å². The van der Waals surface area contributed by atoms with Crippen molar-refractivity contribution in [3.05, 3.63) is 98.1 Å². The fourth-order valence-electron chi connectivity index (χ4n) is 3.72. The van der Waals surface area contributed by atoms with E-state index >= 15 is 0 Å². The maximum atomic E-state index is 13.7. The Morgan fingerprint density at radius 1 is 0.444 bits per heavy atom. The highest BCUT2D eigenvalue weighted by Crippen LogP contribution is 2.42. The lowest BCUT2D eigenvalue weighted by molar-refractivity contribution is 0.0729. The summed E-state index contributed by atoms with van der Waals surface area (Å²) in [6.45, 7) is 0. The summed E-state index contributed by atoms with van der Waals surface area (Å²) in [5.74, 6) is -1.14. The number of hydrogen-bond donors (Lipinski definition) is 0. The molecule has 4 aromatic rings. The Kier molecular flexibility index (Phi) is 12.2. The van der Waals surface area contributed by atoms with Crippen LogP contribution in [0.1, 0.15) is 31.1 Å². The molecule has 0 aromatic heterocycles. The summed E-state index contributed by atoms with van der Waals surface area (Å²) in [4.78, 5) is 41.2. The van der Waals surface area contributed by atoms with Crippen LogP contribution in [0.15, 0.2) is 81.4 Å². The molecule has 0 fully saturated rings. The van der Waals surface area contributed by atoms with Crippen molar-refractivity contribution in [1.82, 2.24) is 0 Å². The number of carbonyl (C=O) groups is 3. The fraction of sp³-hybridized carbons (Fsp3) is 0.100. The Morgan fingerprint density at radius 2 is 0.689 bits per heavy atom. The number of halogens is 6. The number of esters is 3. The van der Waals surface area contributed by atoms with E-state index in [9.17, 15) is 14.4 Å². The standard InChI is InChI=1S/C30H18Br6O9/c1-40-13-4-7-16(31)19(10-13)43-28(37)22-25(34)23(29(38)44-20-11-14(41-2)5-8-17(20)32)27(36)24(26(22)35)30(39)45-21-12-15(42-3)6-9-18(21)33/h4-12H,1-3H3. The summed E-state index contributed by atoms with van der Waals surface area (Å²) in [6.07, 6.45) is 0. The molecule has 0 saturated heterocycles. The molecular formula is C30H18Br6O9. The lowest BCUT2D eigenvalue weighted by Gasteiger charge is -2.18. The summed E-state index contributed by atoms with van der Waals surface area (Å²) < 4.78 is 34.0. The molecule has 0 aliphatic heterocycles. The minimum absolute atomic E-state index is 0.0339. The maximum absolute atomic E-state index is 13.7. The Morgan fingerprint density at radius 3 is 0.911 bits per heavy atom. The van der Waals surface area contributed by atoms with Crippen LogP contribution in [0, 0.1) is 0 Å². The van der Waals surface area contributed by atoms with Crippen LogP contribution in [0.2, 0.25) is 0 Å². The van der Waals surface area contributed by atoms with Gasteiger partial charge in [-0.25, -0.2) is 14.4 Å². The molecule has 9 nitrogen and oxygen atoms in total. The van der Waals surface area contributed by atoms with Crippen molar-refractivity contribution in [2.24, 2.45) is 0 Å². The number of rotatable bonds is 9. The molecule has 0 saturated carbocycles. The zero-order valence-corrected chi connectivity index (χ0v) is 32.7. The van der Waals surface area contributed by atoms with Gasteiger partial charge in [-0.3, -0.25) is 0 Å². The minimum atomic E-state index is -0.927. The number of carbonyl (C=O) groups excluding carboxylic acids is 3. The van der Waals surface area contributed by atoms with E-state index in [4.69, 9.17) is 28.4 Å². The average molecular weight is 1000 g/mol. The van der Waals surface area contributed by atoms with Crippen LogP contribution in [0.4, 0.5) is 0 Å². The molecule has 0 atom stereocenters. The summed E-state index contributed by atoms with van der Waals surface area (Å²) in [6, 6.07) is 14.4. The van der Waals surface area contributed by atoms with Crippen LogP contribution in [0.25, 0.3) is 0 Å². The highest BCUT2D eigenvalue weighted by molar-refractivity contribution is 9.12. The molecule has 4 aromatic carbocycles. The Balaban J connectivity index is 1.87. The van der Waals surface area contributed by atoms with Crippen LogP contribution in [0.3, 0.4) is 0 Å². The predicted molar refractivity (Wildman–Crippen MR) is 186 cm³/mol. The molecule has 0 bridgehead atoms. The molecule has 0 aliphatic rings. The maximum Gasteiger partial charge on any atom is 0.345 e. The molecule has 45 heavy (non-hydrogen) atoms. The molecule has 0 spiro atoms. The third kappa shape index (κ3) is 7.93. The largest absolute Gasteiger partial charge is 0.497 e. The van der Waals surface area contributed by atoms with E-state index in [0.717, 1.165) is 0 Å². The van der Waals surface area contributed by atoms with Crippen molar-refractivity contribution in [2.45, 2.75) is 0 Å². The first-order valence-electron chi connectivity index (χ1n) is 12.3. The summed E-state index contributed by atoms with van der Waals surface area (Å²) >= 11 is 20.2. The van der Waals surface area contributed by atoms with Gasteiger partial charge in [-0.1, -0.05) is 0 Å². The second-order valence-electron chi connectivity index (χ2n) is 8.62. The van der Waals surface area contributed by atoms with Gasteiger partial charge in [-0.15, -0.1) is 0 Å². The SMILES string of the molecule is COc1ccc(Br)c(OC(=O)c2c(Br)c(C(=O)Oc3cc(OC)ccc3Br)c(Br)c(C(=O)Oc3cc(OC)ccc3Br)c2Br)c1. The lowest BCUT2D eigenvalue weighted by Crippen LogP contribution is -2.21. The van der Waals surface area contributed by atoms with Gasteiger partial charge in [-0.2, -0.15) is 0 Å². The molecule has 4 rings (SSSR count). The quantitative estimate of drug-likeness (QED) is 0.120. The zero-order chi connectivity index (χ0) is 33.0. The second kappa shape index (κ2) is 15.4. The van der Waals surface area contributed by atoms with Crippen molar-refractivity contribution in [3.63, 3.8) is 0 Å². The summed E-state index contributed by atoms with van der Waals surface area (Å²) in [5.41, 5.74) is -0.622. The van der Waals surface area contributed by atoms with Crippen molar-refractivity contribution >= 4 is 113 Å². The van der Waals surface area contributed by atoms with Gasteiger partial charge in [0.05, 0.1) is 51.4 Å². The Labute approximate surface area is 307 Å². The highest BCUT2D eigenvalue weighted by Gasteiger charge is 2.34. The van der Waals surface area contributed by atoms with Gasteiger partial charge in [0.25, 0.3) is 0 Å². The van der Waals surface area contributed by atoms with Crippen LogP contribution in [-0.4, -0.2) is 39.2 Å². The Hall–Kier alpha value is -2.43. The van der Waals surface area contributed by atoms with Gasteiger partial charge >= 0.3 is 17.9 Å². The normalized spacial score (nSPS) is 10.6. The highest BCUT2D eigenvalue weighted by atomic mass is 79.9. The monoisotopic (exact) mass is 996 g/mol. The first-order chi connectivity index (χ1) is 21.4. The van der Waals surface area contributed by atoms with E-state index in [1.807, 2.05) is 0 Å². The second-order valence-corrected chi connectivity index (χ2v) is 13.6. The average Bonchev–Trinajstić information content (AvgIpc) is 3.00. The fourth-order valence-corrected chi connectivity index (χ4v) is 7.66. The molecule has 0 unspecified atom stereocenters. The summed E-state index contributed by atoms with van der Waals surface area (Å²) in [5, 5.41) is 0. The zero-order valence-electron chi connectivity index (χ0n) is 23.1. The van der Waals surface area contributed by atoms with Crippen LogP contribution >= 0.6 is 95.6 Å². The third-order valence-corrected chi connectivity index (χ3v) is 10.3. The number of ether oxygens (including phenoxy) is 6. The van der Waals surface area contributed by atoms with Gasteiger partial charge in [0.15, 0.2) is 0 Å². The van der Waals surface area contributed by atoms with Gasteiger partial charge in [0.1, 0.15) is 34.5 Å². The van der Waals surface area contributed by atoms with E-state index in [0.29, 0.717) is 30.7 Å². The van der Waals surface area contributed by atoms with Crippen molar-refractivity contribution < 1.29 is 42.8 Å². The topological polar surface area (TPSA) is 107 Å². The number of methoxy groups -OCH3 is 3. The number of hydrogen-bond acceptors (Lipinski definition) is 9. The Bertz CT molecular complexity index is 1600. The lowest BCUT2D eigenvalue weighted by atomic mass is 10.0. The van der Waals surface area contributed by atoms with Crippen LogP contribution in [-0.2, 0) is 0 Å². The van der Waals surface area contributed by atoms with Crippen molar-refractivity contribution in [3.8, 4) is 34.5 Å². The van der Waals surface area contributed by atoms with E-state index in [1.54, 1.807) is 36.4 Å².